The van der Waals surface area contributed by atoms with Crippen LogP contribution in [0.3, 0.4) is 0 Å². The third kappa shape index (κ3) is 5.58. The Bertz CT molecular complexity index is 1150. The molecule has 2 fully saturated rings. The van der Waals surface area contributed by atoms with Crippen LogP contribution >= 0.6 is 11.3 Å². The number of hydrogen-bond acceptors (Lipinski definition) is 10. The van der Waals surface area contributed by atoms with E-state index in [0.717, 1.165) is 12.0 Å². The summed E-state index contributed by atoms with van der Waals surface area (Å²) in [6, 6.07) is 5.56. The number of ether oxygens (including phenoxy) is 3. The fraction of sp³-hybridized carbons (Fsp3) is 0.474. The molecule has 2 amide bonds. The van der Waals surface area contributed by atoms with Crippen molar-refractivity contribution >= 4 is 38.3 Å². The maximum absolute atomic E-state index is 12.5. The molecule has 0 saturated carbocycles. The molecule has 1 aromatic carbocycles. The number of nitrogens with zero attached hydrogens (tertiary/aromatic N) is 3. The van der Waals surface area contributed by atoms with Crippen molar-refractivity contribution in [2.75, 3.05) is 38.7 Å². The van der Waals surface area contributed by atoms with Gasteiger partial charge in [0.2, 0.25) is 21.3 Å². The van der Waals surface area contributed by atoms with E-state index in [1.165, 1.54) is 4.90 Å². The fourth-order valence-electron chi connectivity index (χ4n) is 3.68. The molecule has 0 radical (unpaired) electrons. The topological polar surface area (TPSA) is 163 Å². The summed E-state index contributed by atoms with van der Waals surface area (Å²) in [5.41, 5.74) is 0.905. The predicted molar refractivity (Wildman–Crippen MR) is 117 cm³/mol. The summed E-state index contributed by atoms with van der Waals surface area (Å²) in [6.45, 7) is 1.33. The number of hydrogen-bond donors (Lipinski definition) is 2. The third-order valence-electron chi connectivity index (χ3n) is 5.29. The summed E-state index contributed by atoms with van der Waals surface area (Å²) >= 11 is 0.637. The lowest BCUT2D eigenvalue weighted by Gasteiger charge is -2.18. The number of aromatic nitrogens is 2. The molecule has 2 aliphatic heterocycles. The molecule has 33 heavy (non-hydrogen) atoms. The van der Waals surface area contributed by atoms with Gasteiger partial charge in [0.15, 0.2) is 11.5 Å². The van der Waals surface area contributed by atoms with Crippen LogP contribution in [-0.2, 0) is 24.3 Å². The van der Waals surface area contributed by atoms with E-state index in [4.69, 9.17) is 19.3 Å². The zero-order valence-corrected chi connectivity index (χ0v) is 19.4. The van der Waals surface area contributed by atoms with Crippen LogP contribution in [0, 0.1) is 0 Å². The molecule has 2 saturated heterocycles. The average molecular weight is 498 g/mol. The molecule has 2 aromatic rings. The van der Waals surface area contributed by atoms with Gasteiger partial charge in [-0.05, 0) is 17.7 Å². The number of likely N-dealkylation sites (tertiary alicyclic amines) is 1. The molecule has 4 rings (SSSR count). The lowest BCUT2D eigenvalue weighted by Crippen LogP contribution is -2.34. The zero-order chi connectivity index (χ0) is 23.6. The number of nitrogens with one attached hydrogen (secondary N) is 1. The van der Waals surface area contributed by atoms with Crippen molar-refractivity contribution in [1.29, 1.82) is 0 Å². The second-order valence-corrected chi connectivity index (χ2v) is 10.4. The maximum Gasteiger partial charge on any atom is 0.267 e. The Labute approximate surface area is 194 Å². The molecule has 14 heteroatoms. The summed E-state index contributed by atoms with van der Waals surface area (Å²) in [7, 11) is -2.43. The Balaban J connectivity index is 1.39. The molecule has 3 heterocycles. The number of primary sulfonamides is 1. The van der Waals surface area contributed by atoms with Gasteiger partial charge in [-0.3, -0.25) is 14.9 Å². The maximum atomic E-state index is 12.5. The minimum atomic E-state index is -4.00. The number of anilines is 1. The Morgan fingerprint density at radius 2 is 2.18 bits per heavy atom. The highest BCUT2D eigenvalue weighted by atomic mass is 32.2. The summed E-state index contributed by atoms with van der Waals surface area (Å²) < 4.78 is 38.9. The Morgan fingerprint density at radius 3 is 2.85 bits per heavy atom. The summed E-state index contributed by atoms with van der Waals surface area (Å²) in [4.78, 5) is 26.3. The van der Waals surface area contributed by atoms with Gasteiger partial charge in [-0.1, -0.05) is 17.4 Å². The Morgan fingerprint density at radius 1 is 1.36 bits per heavy atom. The number of carbonyl (C=O) groups is 2. The quantitative estimate of drug-likeness (QED) is 0.489. The van der Waals surface area contributed by atoms with Gasteiger partial charge in [-0.15, -0.1) is 10.2 Å². The van der Waals surface area contributed by atoms with Crippen LogP contribution in [0.4, 0.5) is 5.13 Å². The molecule has 1 aromatic heterocycles. The zero-order valence-electron chi connectivity index (χ0n) is 17.7. The molecular weight excluding hydrogens is 474 g/mol. The molecule has 0 aliphatic carbocycles. The third-order valence-corrected chi connectivity index (χ3v) is 7.43. The van der Waals surface area contributed by atoms with E-state index >= 15 is 0 Å². The van der Waals surface area contributed by atoms with Gasteiger partial charge in [0.1, 0.15) is 6.10 Å². The number of benzene rings is 1. The van der Waals surface area contributed by atoms with E-state index < -0.39 is 20.3 Å². The van der Waals surface area contributed by atoms with Crippen molar-refractivity contribution in [1.82, 2.24) is 15.1 Å². The highest BCUT2D eigenvalue weighted by Gasteiger charge is 2.33. The molecule has 0 unspecified atom stereocenters. The standard InChI is InChI=1S/C19H23N5O7S2/c1-29-14-3-2-11(6-15(14)31-13-4-5-30-10-13)12-7-17(26)24(8-12)9-16(25)21-18-22-23-19(32-18)33(20,27)28/h2-3,6,12-13H,4-5,7-10H2,1H3,(H2,20,27,28)(H,21,22,25)/t12-,13-/m1/s1. The molecule has 0 bridgehead atoms. The monoisotopic (exact) mass is 497 g/mol. The number of methoxy groups -OCH3 is 1. The van der Waals surface area contributed by atoms with E-state index in [-0.39, 0.29) is 36.0 Å². The largest absolute Gasteiger partial charge is 0.493 e. The average Bonchev–Trinajstić information content (AvgIpc) is 3.50. The molecule has 3 N–H and O–H groups in total. The Hall–Kier alpha value is -2.81. The first kappa shape index (κ1) is 23.4. The fourth-order valence-corrected chi connectivity index (χ4v) is 5.03. The highest BCUT2D eigenvalue weighted by Crippen LogP contribution is 2.36. The van der Waals surface area contributed by atoms with Crippen molar-refractivity contribution in [3.8, 4) is 11.5 Å². The highest BCUT2D eigenvalue weighted by molar-refractivity contribution is 7.91. The number of nitrogens with two attached hydrogens (primary N) is 1. The number of carbonyl (C=O) groups excluding carboxylic acids is 2. The van der Waals surface area contributed by atoms with E-state index in [2.05, 4.69) is 15.5 Å². The van der Waals surface area contributed by atoms with Crippen LogP contribution in [0.1, 0.15) is 24.3 Å². The van der Waals surface area contributed by atoms with Gasteiger partial charge in [0, 0.05) is 25.3 Å². The first-order valence-electron chi connectivity index (χ1n) is 10.1. The summed E-state index contributed by atoms with van der Waals surface area (Å²) in [5.74, 6) is 0.397. The normalized spacial score (nSPS) is 20.8. The molecular formula is C19H23N5O7S2. The lowest BCUT2D eigenvalue weighted by molar-refractivity contribution is -0.131. The summed E-state index contributed by atoms with van der Waals surface area (Å²) in [6.07, 6.45) is 1.00. The number of amides is 2. The minimum Gasteiger partial charge on any atom is -0.493 e. The van der Waals surface area contributed by atoms with Gasteiger partial charge in [0.25, 0.3) is 10.0 Å². The van der Waals surface area contributed by atoms with E-state index in [1.807, 2.05) is 12.1 Å². The van der Waals surface area contributed by atoms with Crippen molar-refractivity contribution in [2.45, 2.75) is 29.2 Å². The van der Waals surface area contributed by atoms with Crippen LogP contribution < -0.4 is 19.9 Å². The van der Waals surface area contributed by atoms with E-state index in [0.29, 0.717) is 42.6 Å². The van der Waals surface area contributed by atoms with Gasteiger partial charge in [-0.2, -0.15) is 0 Å². The van der Waals surface area contributed by atoms with Crippen molar-refractivity contribution < 1.29 is 32.2 Å². The number of sulfonamides is 1. The van der Waals surface area contributed by atoms with E-state index in [9.17, 15) is 18.0 Å². The number of rotatable bonds is 8. The van der Waals surface area contributed by atoms with Crippen molar-refractivity contribution in [2.24, 2.45) is 5.14 Å². The van der Waals surface area contributed by atoms with Gasteiger partial charge < -0.3 is 19.1 Å². The minimum absolute atomic E-state index is 0.0138. The molecule has 2 atom stereocenters. The Kier molecular flexibility index (Phi) is 6.78. The van der Waals surface area contributed by atoms with Crippen molar-refractivity contribution in [3.63, 3.8) is 0 Å². The van der Waals surface area contributed by atoms with Crippen LogP contribution in [0.15, 0.2) is 22.5 Å². The predicted octanol–water partition coefficient (Wildman–Crippen LogP) is 0.316. The van der Waals surface area contributed by atoms with Gasteiger partial charge in [-0.25, -0.2) is 13.6 Å². The van der Waals surface area contributed by atoms with Crippen LogP contribution in [0.5, 0.6) is 11.5 Å². The first-order valence-corrected chi connectivity index (χ1v) is 12.5. The first-order chi connectivity index (χ1) is 15.7. The van der Waals surface area contributed by atoms with Gasteiger partial charge >= 0.3 is 0 Å². The lowest BCUT2D eigenvalue weighted by atomic mass is 9.98. The van der Waals surface area contributed by atoms with Crippen LogP contribution in [-0.4, -0.2) is 74.8 Å². The SMILES string of the molecule is COc1ccc([C@@H]2CC(=O)N(CC(=O)Nc3nnc(S(N)(=O)=O)s3)C2)cc1O[C@@H]1CCOC1. The smallest absolute Gasteiger partial charge is 0.267 e. The van der Waals surface area contributed by atoms with Gasteiger partial charge in [0.05, 0.1) is 26.9 Å². The van der Waals surface area contributed by atoms with E-state index in [1.54, 1.807) is 13.2 Å². The van der Waals surface area contributed by atoms with Crippen LogP contribution in [0.25, 0.3) is 0 Å². The second kappa shape index (κ2) is 9.59. The molecule has 12 nitrogen and oxygen atoms in total. The molecule has 2 aliphatic rings. The van der Waals surface area contributed by atoms with Crippen LogP contribution in [0.2, 0.25) is 0 Å². The molecule has 0 spiro atoms. The second-order valence-electron chi connectivity index (χ2n) is 7.66. The van der Waals surface area contributed by atoms with Crippen molar-refractivity contribution in [3.05, 3.63) is 23.8 Å². The summed E-state index contributed by atoms with van der Waals surface area (Å²) in [5, 5.41) is 14.4. The molecule has 178 valence electrons.